The summed E-state index contributed by atoms with van der Waals surface area (Å²) in [5.74, 6) is 2.27. The van der Waals surface area contributed by atoms with Gasteiger partial charge in [-0.2, -0.15) is 0 Å². The number of hydrogen-bond donors (Lipinski definition) is 0. The lowest BCUT2D eigenvalue weighted by Gasteiger charge is -2.29. The SMILES string of the molecule is CCOc1ccc(C(=O)N2CCc3ccccc3C2)cc1COc1ccc(OC)cc1. The van der Waals surface area contributed by atoms with Gasteiger partial charge in [0.05, 0.1) is 13.7 Å². The number of fused-ring (bicyclic) bond motifs is 1. The summed E-state index contributed by atoms with van der Waals surface area (Å²) in [7, 11) is 1.63. The molecule has 0 atom stereocenters. The third-order valence-corrected chi connectivity index (χ3v) is 5.48. The molecule has 3 aromatic carbocycles. The van der Waals surface area contributed by atoms with E-state index in [1.54, 1.807) is 7.11 Å². The Morgan fingerprint density at radius 2 is 1.68 bits per heavy atom. The fraction of sp³-hybridized carbons (Fsp3) is 0.269. The topological polar surface area (TPSA) is 48.0 Å². The van der Waals surface area contributed by atoms with Crippen molar-refractivity contribution in [3.63, 3.8) is 0 Å². The van der Waals surface area contributed by atoms with Crippen molar-refractivity contribution in [2.45, 2.75) is 26.5 Å². The smallest absolute Gasteiger partial charge is 0.254 e. The van der Waals surface area contributed by atoms with Crippen molar-refractivity contribution >= 4 is 5.91 Å². The minimum absolute atomic E-state index is 0.0308. The number of methoxy groups -OCH3 is 1. The van der Waals surface area contributed by atoms with Gasteiger partial charge in [0.1, 0.15) is 23.9 Å². The monoisotopic (exact) mass is 417 g/mol. The predicted molar refractivity (Wildman–Crippen MR) is 120 cm³/mol. The van der Waals surface area contributed by atoms with Crippen molar-refractivity contribution in [2.75, 3.05) is 20.3 Å². The molecule has 0 fully saturated rings. The molecule has 5 heteroatoms. The molecule has 31 heavy (non-hydrogen) atoms. The Hall–Kier alpha value is -3.47. The number of carbonyl (C=O) groups excluding carboxylic acids is 1. The van der Waals surface area contributed by atoms with E-state index < -0.39 is 0 Å². The van der Waals surface area contributed by atoms with Crippen LogP contribution in [-0.2, 0) is 19.6 Å². The maximum absolute atomic E-state index is 13.2. The second-order valence-corrected chi connectivity index (χ2v) is 7.47. The second kappa shape index (κ2) is 9.56. The van der Waals surface area contributed by atoms with Crippen LogP contribution in [0.1, 0.15) is 34.0 Å². The number of carbonyl (C=O) groups is 1. The number of ether oxygens (including phenoxy) is 3. The van der Waals surface area contributed by atoms with Gasteiger partial charge in [0.15, 0.2) is 0 Å². The van der Waals surface area contributed by atoms with Crippen LogP contribution < -0.4 is 14.2 Å². The zero-order valence-corrected chi connectivity index (χ0v) is 18.0. The molecule has 3 aromatic rings. The third kappa shape index (κ3) is 4.82. The Morgan fingerprint density at radius 3 is 2.42 bits per heavy atom. The molecule has 0 saturated heterocycles. The first-order valence-corrected chi connectivity index (χ1v) is 10.6. The average Bonchev–Trinajstić information content (AvgIpc) is 2.83. The summed E-state index contributed by atoms with van der Waals surface area (Å²) in [5.41, 5.74) is 4.04. The van der Waals surface area contributed by atoms with E-state index >= 15 is 0 Å². The first-order chi connectivity index (χ1) is 15.2. The molecular weight excluding hydrogens is 390 g/mol. The van der Waals surface area contributed by atoms with Gasteiger partial charge in [0.2, 0.25) is 0 Å². The van der Waals surface area contributed by atoms with E-state index in [0.717, 1.165) is 35.8 Å². The summed E-state index contributed by atoms with van der Waals surface area (Å²) < 4.78 is 16.9. The molecule has 1 aliphatic rings. The van der Waals surface area contributed by atoms with Gasteiger partial charge >= 0.3 is 0 Å². The van der Waals surface area contributed by atoms with Crippen LogP contribution in [0.5, 0.6) is 17.2 Å². The van der Waals surface area contributed by atoms with Crippen LogP contribution in [0.25, 0.3) is 0 Å². The quantitative estimate of drug-likeness (QED) is 0.550. The van der Waals surface area contributed by atoms with Gasteiger partial charge in [-0.1, -0.05) is 24.3 Å². The molecule has 5 nitrogen and oxygen atoms in total. The Balaban J connectivity index is 1.51. The first-order valence-electron chi connectivity index (χ1n) is 10.6. The van der Waals surface area contributed by atoms with Crippen molar-refractivity contribution in [1.29, 1.82) is 0 Å². The fourth-order valence-corrected chi connectivity index (χ4v) is 3.81. The van der Waals surface area contributed by atoms with E-state index in [1.165, 1.54) is 11.1 Å². The molecular formula is C26H27NO4. The molecule has 0 spiro atoms. The lowest BCUT2D eigenvalue weighted by molar-refractivity contribution is 0.0734. The van der Waals surface area contributed by atoms with E-state index in [1.807, 2.05) is 60.4 Å². The number of rotatable bonds is 7. The third-order valence-electron chi connectivity index (χ3n) is 5.48. The normalized spacial score (nSPS) is 12.8. The van der Waals surface area contributed by atoms with Gasteiger partial charge in [-0.05, 0) is 66.9 Å². The maximum Gasteiger partial charge on any atom is 0.254 e. The van der Waals surface area contributed by atoms with Gasteiger partial charge in [-0.3, -0.25) is 4.79 Å². The highest BCUT2D eigenvalue weighted by molar-refractivity contribution is 5.94. The maximum atomic E-state index is 13.2. The summed E-state index contributed by atoms with van der Waals surface area (Å²) in [5, 5.41) is 0. The molecule has 0 aromatic heterocycles. The molecule has 0 bridgehead atoms. The largest absolute Gasteiger partial charge is 0.497 e. The summed E-state index contributed by atoms with van der Waals surface area (Å²) in [6.45, 7) is 4.16. The van der Waals surface area contributed by atoms with Crippen molar-refractivity contribution in [2.24, 2.45) is 0 Å². The van der Waals surface area contributed by atoms with Crippen LogP contribution in [0.15, 0.2) is 66.7 Å². The summed E-state index contributed by atoms with van der Waals surface area (Å²) in [6, 6.07) is 21.3. The Bertz CT molecular complexity index is 1050. The van der Waals surface area contributed by atoms with Crippen LogP contribution in [0.4, 0.5) is 0 Å². The summed E-state index contributed by atoms with van der Waals surface area (Å²) in [4.78, 5) is 15.1. The van der Waals surface area contributed by atoms with Crippen molar-refractivity contribution < 1.29 is 19.0 Å². The van der Waals surface area contributed by atoms with E-state index in [0.29, 0.717) is 25.3 Å². The summed E-state index contributed by atoms with van der Waals surface area (Å²) in [6.07, 6.45) is 0.881. The summed E-state index contributed by atoms with van der Waals surface area (Å²) >= 11 is 0. The van der Waals surface area contributed by atoms with E-state index in [-0.39, 0.29) is 5.91 Å². The van der Waals surface area contributed by atoms with E-state index in [2.05, 4.69) is 18.2 Å². The van der Waals surface area contributed by atoms with Crippen LogP contribution in [-0.4, -0.2) is 31.1 Å². The molecule has 0 N–H and O–H groups in total. The Morgan fingerprint density at radius 1 is 0.935 bits per heavy atom. The van der Waals surface area contributed by atoms with Gasteiger partial charge < -0.3 is 19.1 Å². The van der Waals surface area contributed by atoms with E-state index in [4.69, 9.17) is 14.2 Å². The predicted octanol–water partition coefficient (Wildman–Crippen LogP) is 4.87. The minimum Gasteiger partial charge on any atom is -0.497 e. The highest BCUT2D eigenvalue weighted by Gasteiger charge is 2.22. The van der Waals surface area contributed by atoms with Crippen LogP contribution in [0.3, 0.4) is 0 Å². The standard InChI is InChI=1S/C26H27NO4/c1-3-30-25-13-8-20(16-22(25)18-31-24-11-9-23(29-2)10-12-24)26(28)27-15-14-19-6-4-5-7-21(19)17-27/h4-13,16H,3,14-15,17-18H2,1-2H3. The second-order valence-electron chi connectivity index (χ2n) is 7.47. The zero-order chi connectivity index (χ0) is 21.6. The van der Waals surface area contributed by atoms with Crippen molar-refractivity contribution in [1.82, 2.24) is 4.90 Å². The lowest BCUT2D eigenvalue weighted by Crippen LogP contribution is -2.36. The number of nitrogens with zero attached hydrogens (tertiary/aromatic N) is 1. The fourth-order valence-electron chi connectivity index (χ4n) is 3.81. The van der Waals surface area contributed by atoms with E-state index in [9.17, 15) is 4.79 Å². The molecule has 1 heterocycles. The first kappa shape index (κ1) is 20.8. The molecule has 0 radical (unpaired) electrons. The number of benzene rings is 3. The van der Waals surface area contributed by atoms with Crippen molar-refractivity contribution in [3.8, 4) is 17.2 Å². The van der Waals surface area contributed by atoms with Crippen molar-refractivity contribution in [3.05, 3.63) is 89.0 Å². The van der Waals surface area contributed by atoms with Gasteiger partial charge in [-0.25, -0.2) is 0 Å². The van der Waals surface area contributed by atoms with Gasteiger partial charge in [0, 0.05) is 24.2 Å². The molecule has 0 aliphatic carbocycles. The molecule has 1 amide bonds. The molecule has 1 aliphatic heterocycles. The minimum atomic E-state index is 0.0308. The van der Waals surface area contributed by atoms with Crippen LogP contribution in [0, 0.1) is 0 Å². The zero-order valence-electron chi connectivity index (χ0n) is 18.0. The number of amides is 1. The number of hydrogen-bond acceptors (Lipinski definition) is 4. The van der Waals surface area contributed by atoms with Gasteiger partial charge in [0.25, 0.3) is 5.91 Å². The molecule has 0 unspecified atom stereocenters. The lowest BCUT2D eigenvalue weighted by atomic mass is 9.99. The molecule has 0 saturated carbocycles. The highest BCUT2D eigenvalue weighted by Crippen LogP contribution is 2.26. The van der Waals surface area contributed by atoms with Gasteiger partial charge in [-0.15, -0.1) is 0 Å². The average molecular weight is 418 g/mol. The highest BCUT2D eigenvalue weighted by atomic mass is 16.5. The van der Waals surface area contributed by atoms with Crippen LogP contribution in [0.2, 0.25) is 0 Å². The Kier molecular flexibility index (Phi) is 6.41. The molecule has 4 rings (SSSR count). The van der Waals surface area contributed by atoms with Crippen LogP contribution >= 0.6 is 0 Å². The molecule has 160 valence electrons. The Labute approximate surface area is 183 Å².